The summed E-state index contributed by atoms with van der Waals surface area (Å²) in [4.78, 5) is 11.2. The van der Waals surface area contributed by atoms with Crippen LogP contribution < -0.4 is 34.9 Å². The van der Waals surface area contributed by atoms with Crippen LogP contribution >= 0.6 is 0 Å². The number of amides is 1. The fourth-order valence-corrected chi connectivity index (χ4v) is 1.44. The summed E-state index contributed by atoms with van der Waals surface area (Å²) in [6.45, 7) is 3.42. The van der Waals surface area contributed by atoms with Gasteiger partial charge in [-0.15, -0.1) is 35.7 Å². The molecule has 0 aliphatic carbocycles. The smallest absolute Gasteiger partial charge is 0.339 e. The molecule has 3 heteroatoms. The van der Waals surface area contributed by atoms with Crippen LogP contribution in [-0.4, -0.2) is 5.91 Å². The molecule has 0 atom stereocenters. The van der Waals surface area contributed by atoms with E-state index >= 15 is 0 Å². The Morgan fingerprint density at radius 2 is 2.06 bits per heavy atom. The number of hydrogen-bond acceptors (Lipinski definition) is 1. The second kappa shape index (κ2) is 5.85. The van der Waals surface area contributed by atoms with E-state index in [0.29, 0.717) is 0 Å². The summed E-state index contributed by atoms with van der Waals surface area (Å²) in [7, 11) is 0. The van der Waals surface area contributed by atoms with E-state index in [0.717, 1.165) is 16.5 Å². The summed E-state index contributed by atoms with van der Waals surface area (Å²) in [6.07, 6.45) is 1.26. The predicted octanol–water partition coefficient (Wildman–Crippen LogP) is -0.232. The third-order valence-corrected chi connectivity index (χ3v) is 2.15. The molecule has 0 saturated heterocycles. The van der Waals surface area contributed by atoms with E-state index in [1.807, 2.05) is 30.3 Å². The minimum Gasteiger partial charge on any atom is -0.339 e. The van der Waals surface area contributed by atoms with Crippen molar-refractivity contribution >= 4 is 22.4 Å². The number of carbonyl (C=O) groups is 1. The van der Waals surface area contributed by atoms with Crippen molar-refractivity contribution in [2.75, 3.05) is 5.32 Å². The molecule has 0 fully saturated rings. The van der Waals surface area contributed by atoms with Gasteiger partial charge in [0.1, 0.15) is 0 Å². The van der Waals surface area contributed by atoms with Crippen molar-refractivity contribution in [2.45, 2.75) is 0 Å². The van der Waals surface area contributed by atoms with E-state index in [1.54, 1.807) is 6.07 Å². The van der Waals surface area contributed by atoms with Crippen molar-refractivity contribution in [1.29, 1.82) is 0 Å². The Hall–Kier alpha value is -1.09. The summed E-state index contributed by atoms with van der Waals surface area (Å²) >= 11 is 0. The van der Waals surface area contributed by atoms with Crippen LogP contribution in [0.2, 0.25) is 0 Å². The molecule has 2 rings (SSSR count). The zero-order valence-electron chi connectivity index (χ0n) is 9.16. The zero-order valence-corrected chi connectivity index (χ0v) is 11.2. The van der Waals surface area contributed by atoms with Crippen molar-refractivity contribution in [3.05, 3.63) is 55.1 Å². The molecule has 0 aromatic heterocycles. The maximum atomic E-state index is 11.2. The van der Waals surface area contributed by atoms with E-state index in [-0.39, 0.29) is 35.5 Å². The van der Waals surface area contributed by atoms with Gasteiger partial charge in [0, 0.05) is 0 Å². The second-order valence-corrected chi connectivity index (χ2v) is 3.13. The van der Waals surface area contributed by atoms with Gasteiger partial charge in [-0.1, -0.05) is 24.1 Å². The fraction of sp³-hybridized carbons (Fsp3) is 0. The van der Waals surface area contributed by atoms with Crippen LogP contribution in [0.3, 0.4) is 0 Å². The molecule has 0 saturated carbocycles. The van der Waals surface area contributed by atoms with Crippen molar-refractivity contribution in [3.8, 4) is 0 Å². The first kappa shape index (κ1) is 13.0. The van der Waals surface area contributed by atoms with E-state index in [4.69, 9.17) is 0 Å². The Bertz CT molecular complexity index is 517. The maximum Gasteiger partial charge on any atom is 1.00 e. The first-order chi connectivity index (χ1) is 7.31. The number of carbonyl (C=O) groups excluding carboxylic acids is 1. The van der Waals surface area contributed by atoms with Crippen LogP contribution in [0.1, 0.15) is 0 Å². The largest absolute Gasteiger partial charge is 1.00 e. The third kappa shape index (κ3) is 2.73. The van der Waals surface area contributed by atoms with Crippen LogP contribution in [-0.2, 0) is 4.79 Å². The molecule has 0 aliphatic heterocycles. The van der Waals surface area contributed by atoms with Gasteiger partial charge in [-0.2, -0.15) is 0 Å². The van der Waals surface area contributed by atoms with Gasteiger partial charge in [0.2, 0.25) is 5.91 Å². The molecule has 2 nitrogen and oxygen atoms in total. The Labute approximate surface area is 117 Å². The average Bonchev–Trinajstić information content (AvgIpc) is 2.29. The molecule has 2 aromatic rings. The zero-order chi connectivity index (χ0) is 10.7. The van der Waals surface area contributed by atoms with Crippen molar-refractivity contribution in [2.24, 2.45) is 0 Å². The number of nitrogens with one attached hydrogen (secondary N) is 1. The van der Waals surface area contributed by atoms with Crippen LogP contribution in [0.4, 0.5) is 5.69 Å². The molecule has 74 valence electrons. The van der Waals surface area contributed by atoms with E-state index in [1.165, 1.54) is 6.08 Å². The monoisotopic (exact) mass is 219 g/mol. The molecule has 0 heterocycles. The molecule has 0 aliphatic rings. The van der Waals surface area contributed by atoms with Gasteiger partial charge in [-0.25, -0.2) is 0 Å². The average molecular weight is 219 g/mol. The fourth-order valence-electron chi connectivity index (χ4n) is 1.44. The number of anilines is 1. The minimum atomic E-state index is -0.202. The van der Waals surface area contributed by atoms with Gasteiger partial charge in [0.15, 0.2) is 0 Å². The maximum absolute atomic E-state index is 11.2. The molecular formula is C13H10NNaO. The van der Waals surface area contributed by atoms with Crippen molar-refractivity contribution in [3.63, 3.8) is 0 Å². The Balaban J connectivity index is 0.00000128. The molecule has 0 bridgehead atoms. The molecule has 16 heavy (non-hydrogen) atoms. The SMILES string of the molecule is C=CC(=O)Nc1cc[c-]c2ccccc12.[Na+]. The van der Waals surface area contributed by atoms with E-state index in [9.17, 15) is 4.79 Å². The first-order valence-corrected chi connectivity index (χ1v) is 4.64. The Morgan fingerprint density at radius 1 is 1.31 bits per heavy atom. The topological polar surface area (TPSA) is 29.1 Å². The van der Waals surface area contributed by atoms with Crippen LogP contribution in [0, 0.1) is 6.07 Å². The van der Waals surface area contributed by atoms with Gasteiger partial charge in [0.05, 0.1) is 0 Å². The van der Waals surface area contributed by atoms with Crippen LogP contribution in [0.5, 0.6) is 0 Å². The normalized spacial score (nSPS) is 9.25. The standard InChI is InChI=1S/C13H10NO.Na/c1-2-13(15)14-12-9-5-7-10-6-3-4-8-11(10)12;/h2-6,8-9H,1H2,(H,14,15);/q-1;+1. The molecule has 1 amide bonds. The first-order valence-electron chi connectivity index (χ1n) is 4.64. The third-order valence-electron chi connectivity index (χ3n) is 2.15. The minimum absolute atomic E-state index is 0. The van der Waals surface area contributed by atoms with Gasteiger partial charge in [-0.05, 0) is 11.8 Å². The quantitative estimate of drug-likeness (QED) is 0.422. The summed E-state index contributed by atoms with van der Waals surface area (Å²) in [5.41, 5.74) is 0.786. The second-order valence-electron chi connectivity index (χ2n) is 3.13. The summed E-state index contributed by atoms with van der Waals surface area (Å²) in [6, 6.07) is 14.5. The number of hydrogen-bond donors (Lipinski definition) is 1. The Morgan fingerprint density at radius 3 is 2.81 bits per heavy atom. The number of rotatable bonds is 2. The molecular weight excluding hydrogens is 209 g/mol. The van der Waals surface area contributed by atoms with Gasteiger partial charge < -0.3 is 5.32 Å². The van der Waals surface area contributed by atoms with Gasteiger partial charge in [0.25, 0.3) is 0 Å². The summed E-state index contributed by atoms with van der Waals surface area (Å²) < 4.78 is 0. The molecule has 2 aromatic carbocycles. The predicted molar refractivity (Wildman–Crippen MR) is 61.6 cm³/mol. The van der Waals surface area contributed by atoms with Crippen LogP contribution in [0.15, 0.2) is 49.1 Å². The summed E-state index contributed by atoms with van der Waals surface area (Å²) in [5, 5.41) is 4.72. The van der Waals surface area contributed by atoms with Crippen molar-refractivity contribution < 1.29 is 34.4 Å². The number of benzene rings is 2. The molecule has 0 unspecified atom stereocenters. The van der Waals surface area contributed by atoms with E-state index in [2.05, 4.69) is 18.0 Å². The molecule has 1 N–H and O–H groups in total. The Kier molecular flexibility index (Phi) is 4.74. The van der Waals surface area contributed by atoms with Crippen molar-refractivity contribution in [1.82, 2.24) is 0 Å². The van der Waals surface area contributed by atoms with Crippen LogP contribution in [0.25, 0.3) is 10.8 Å². The van der Waals surface area contributed by atoms with Gasteiger partial charge >= 0.3 is 29.6 Å². The summed E-state index contributed by atoms with van der Waals surface area (Å²) in [5.74, 6) is -0.202. The van der Waals surface area contributed by atoms with E-state index < -0.39 is 0 Å². The van der Waals surface area contributed by atoms with Gasteiger partial charge in [-0.3, -0.25) is 4.79 Å². The molecule has 0 spiro atoms. The molecule has 0 radical (unpaired) electrons. The number of fused-ring (bicyclic) bond motifs is 1.